The number of halogens is 3. The molecule has 0 bridgehead atoms. The molecule has 0 N–H and O–H groups in total. The van der Waals surface area contributed by atoms with Gasteiger partial charge in [-0.3, -0.25) is 10.1 Å². The summed E-state index contributed by atoms with van der Waals surface area (Å²) in [6, 6.07) is 15.5. The smallest absolute Gasteiger partial charge is 0.416 e. The Morgan fingerprint density at radius 2 is 1.63 bits per heavy atom. The van der Waals surface area contributed by atoms with E-state index in [2.05, 4.69) is 0 Å². The molecule has 0 amide bonds. The maximum Gasteiger partial charge on any atom is 0.416 e. The SMILES string of the molecule is O=C1O/C(=C\c2ccc(C(F)(F)F)cc2-c2ccccc2)c2ccc([N+](=O)[O-])cc21. The van der Waals surface area contributed by atoms with Crippen LogP contribution < -0.4 is 0 Å². The van der Waals surface area contributed by atoms with Crippen LogP contribution in [0.1, 0.15) is 27.0 Å². The average Bonchev–Trinajstić information content (AvgIpc) is 3.03. The van der Waals surface area contributed by atoms with E-state index in [1.165, 1.54) is 24.3 Å². The highest BCUT2D eigenvalue weighted by Crippen LogP contribution is 2.38. The van der Waals surface area contributed by atoms with E-state index in [4.69, 9.17) is 4.74 Å². The van der Waals surface area contributed by atoms with Crippen molar-refractivity contribution in [2.75, 3.05) is 0 Å². The molecule has 0 spiro atoms. The fourth-order valence-corrected chi connectivity index (χ4v) is 3.21. The number of esters is 1. The average molecular weight is 411 g/mol. The highest BCUT2D eigenvalue weighted by atomic mass is 19.4. The van der Waals surface area contributed by atoms with Gasteiger partial charge in [0.2, 0.25) is 0 Å². The van der Waals surface area contributed by atoms with Crippen LogP contribution in [0.5, 0.6) is 0 Å². The summed E-state index contributed by atoms with van der Waals surface area (Å²) in [5, 5.41) is 10.9. The Kier molecular flexibility index (Phi) is 4.62. The Hall–Kier alpha value is -3.94. The van der Waals surface area contributed by atoms with Gasteiger partial charge in [-0.15, -0.1) is 0 Å². The first-order valence-electron chi connectivity index (χ1n) is 8.73. The maximum atomic E-state index is 13.2. The lowest BCUT2D eigenvalue weighted by Gasteiger charge is -2.12. The van der Waals surface area contributed by atoms with Crippen molar-refractivity contribution in [3.05, 3.63) is 99.1 Å². The number of carbonyl (C=O) groups excluding carboxylic acids is 1. The van der Waals surface area contributed by atoms with Crippen LogP contribution in [0.2, 0.25) is 0 Å². The number of ether oxygens (including phenoxy) is 1. The van der Waals surface area contributed by atoms with E-state index in [0.717, 1.165) is 18.2 Å². The number of hydrogen-bond donors (Lipinski definition) is 0. The van der Waals surface area contributed by atoms with Crippen LogP contribution in [0, 0.1) is 10.1 Å². The highest BCUT2D eigenvalue weighted by Gasteiger charge is 2.32. The van der Waals surface area contributed by atoms with Gasteiger partial charge in [0.05, 0.1) is 16.1 Å². The summed E-state index contributed by atoms with van der Waals surface area (Å²) in [5.41, 5.74) is 0.582. The zero-order chi connectivity index (χ0) is 21.5. The molecule has 1 aliphatic rings. The minimum absolute atomic E-state index is 0.0311. The topological polar surface area (TPSA) is 69.4 Å². The van der Waals surface area contributed by atoms with Gasteiger partial charge in [-0.1, -0.05) is 36.4 Å². The predicted molar refractivity (Wildman–Crippen MR) is 103 cm³/mol. The van der Waals surface area contributed by atoms with Gasteiger partial charge in [0, 0.05) is 17.7 Å². The Labute approximate surface area is 168 Å². The molecule has 0 unspecified atom stereocenters. The number of hydrogen-bond acceptors (Lipinski definition) is 4. The lowest BCUT2D eigenvalue weighted by molar-refractivity contribution is -0.384. The summed E-state index contributed by atoms with van der Waals surface area (Å²) in [6.45, 7) is 0. The number of fused-ring (bicyclic) bond motifs is 1. The van der Waals surface area contributed by atoms with Gasteiger partial charge in [-0.2, -0.15) is 13.2 Å². The van der Waals surface area contributed by atoms with Crippen LogP contribution in [0.25, 0.3) is 23.0 Å². The third-order valence-electron chi connectivity index (χ3n) is 4.65. The second-order valence-electron chi connectivity index (χ2n) is 6.55. The van der Waals surface area contributed by atoms with Crippen LogP contribution in [0.3, 0.4) is 0 Å². The zero-order valence-corrected chi connectivity index (χ0v) is 15.1. The quantitative estimate of drug-likeness (QED) is 0.303. The number of nitrogens with zero attached hydrogens (tertiary/aromatic N) is 1. The molecule has 0 aliphatic carbocycles. The number of carbonyl (C=O) groups is 1. The van der Waals surface area contributed by atoms with E-state index in [1.54, 1.807) is 30.3 Å². The van der Waals surface area contributed by atoms with Crippen LogP contribution in [0.4, 0.5) is 18.9 Å². The molecule has 1 aliphatic heterocycles. The van der Waals surface area contributed by atoms with Gasteiger partial charge in [0.1, 0.15) is 5.76 Å². The fourth-order valence-electron chi connectivity index (χ4n) is 3.21. The molecule has 0 atom stereocenters. The molecule has 3 aromatic carbocycles. The zero-order valence-electron chi connectivity index (χ0n) is 15.1. The van der Waals surface area contributed by atoms with Crippen molar-refractivity contribution in [2.45, 2.75) is 6.18 Å². The minimum atomic E-state index is -4.51. The molecule has 4 rings (SSSR count). The maximum absolute atomic E-state index is 13.2. The number of non-ortho nitro benzene ring substituents is 1. The number of cyclic esters (lactones) is 1. The molecule has 150 valence electrons. The van der Waals surface area contributed by atoms with E-state index in [-0.39, 0.29) is 17.0 Å². The molecule has 0 aromatic heterocycles. The van der Waals surface area contributed by atoms with Crippen LogP contribution in [-0.4, -0.2) is 10.9 Å². The standard InChI is InChI=1S/C22H12F3NO4/c23-22(24,25)15-7-6-14(18(11-15)13-4-2-1-3-5-13)10-20-17-9-8-16(26(28)29)12-19(17)21(27)30-20/h1-12H/b20-10-. The van der Waals surface area contributed by atoms with Gasteiger partial charge in [0.25, 0.3) is 5.69 Å². The number of rotatable bonds is 3. The second kappa shape index (κ2) is 7.14. The molecule has 0 fully saturated rings. The van der Waals surface area contributed by atoms with E-state index >= 15 is 0 Å². The minimum Gasteiger partial charge on any atom is -0.422 e. The number of nitro benzene ring substituents is 1. The second-order valence-corrected chi connectivity index (χ2v) is 6.55. The Balaban J connectivity index is 1.85. The van der Waals surface area contributed by atoms with Crippen molar-refractivity contribution in [1.82, 2.24) is 0 Å². The van der Waals surface area contributed by atoms with Gasteiger partial charge < -0.3 is 4.74 Å². The van der Waals surface area contributed by atoms with Crippen LogP contribution >= 0.6 is 0 Å². The third kappa shape index (κ3) is 3.55. The first-order valence-corrected chi connectivity index (χ1v) is 8.73. The lowest BCUT2D eigenvalue weighted by Crippen LogP contribution is -2.05. The van der Waals surface area contributed by atoms with Crippen molar-refractivity contribution in [3.63, 3.8) is 0 Å². The van der Waals surface area contributed by atoms with E-state index in [9.17, 15) is 28.1 Å². The first-order chi connectivity index (χ1) is 14.2. The summed E-state index contributed by atoms with van der Waals surface area (Å²) < 4.78 is 44.9. The highest BCUT2D eigenvalue weighted by molar-refractivity contribution is 6.06. The van der Waals surface area contributed by atoms with Crippen LogP contribution in [-0.2, 0) is 10.9 Å². The van der Waals surface area contributed by atoms with E-state index in [1.807, 2.05) is 0 Å². The monoisotopic (exact) mass is 411 g/mol. The third-order valence-corrected chi connectivity index (χ3v) is 4.65. The van der Waals surface area contributed by atoms with Gasteiger partial charge in [-0.05, 0) is 41.0 Å². The van der Waals surface area contributed by atoms with Crippen molar-refractivity contribution < 1.29 is 27.6 Å². The lowest BCUT2D eigenvalue weighted by atomic mass is 9.95. The predicted octanol–water partition coefficient (Wildman–Crippen LogP) is 5.95. The van der Waals surface area contributed by atoms with Crippen molar-refractivity contribution in [1.29, 1.82) is 0 Å². The Bertz CT molecular complexity index is 1200. The van der Waals surface area contributed by atoms with Crippen molar-refractivity contribution in [2.24, 2.45) is 0 Å². The molecule has 30 heavy (non-hydrogen) atoms. The largest absolute Gasteiger partial charge is 0.422 e. The summed E-state index contributed by atoms with van der Waals surface area (Å²) in [4.78, 5) is 22.5. The summed E-state index contributed by atoms with van der Waals surface area (Å²) in [5.74, 6) is -0.644. The molecule has 0 saturated carbocycles. The molecular weight excluding hydrogens is 399 g/mol. The van der Waals surface area contributed by atoms with Gasteiger partial charge in [-0.25, -0.2) is 4.79 Å². The fraction of sp³-hybridized carbons (Fsp3) is 0.0455. The van der Waals surface area contributed by atoms with Crippen molar-refractivity contribution in [3.8, 4) is 11.1 Å². The molecule has 3 aromatic rings. The molecule has 0 radical (unpaired) electrons. The van der Waals surface area contributed by atoms with Gasteiger partial charge >= 0.3 is 12.1 Å². The molecule has 0 saturated heterocycles. The first kappa shape index (κ1) is 19.4. The molecule has 1 heterocycles. The number of benzene rings is 3. The molecule has 5 nitrogen and oxygen atoms in total. The molecule has 8 heteroatoms. The summed E-state index contributed by atoms with van der Waals surface area (Å²) >= 11 is 0. The summed E-state index contributed by atoms with van der Waals surface area (Å²) in [6.07, 6.45) is -3.06. The summed E-state index contributed by atoms with van der Waals surface area (Å²) in [7, 11) is 0. The molecular formula is C22H12F3NO4. The Morgan fingerprint density at radius 3 is 2.30 bits per heavy atom. The normalized spacial score (nSPS) is 14.5. The van der Waals surface area contributed by atoms with E-state index < -0.39 is 22.6 Å². The number of nitro groups is 1. The number of alkyl halides is 3. The van der Waals surface area contributed by atoms with Gasteiger partial charge in [0.15, 0.2) is 0 Å². The van der Waals surface area contributed by atoms with E-state index in [0.29, 0.717) is 22.3 Å². The van der Waals surface area contributed by atoms with Crippen LogP contribution in [0.15, 0.2) is 66.7 Å². The Morgan fingerprint density at radius 1 is 0.900 bits per heavy atom. The van der Waals surface area contributed by atoms with Crippen molar-refractivity contribution >= 4 is 23.5 Å².